The van der Waals surface area contributed by atoms with Crippen molar-refractivity contribution in [1.82, 2.24) is 21.3 Å². The van der Waals surface area contributed by atoms with E-state index in [0.29, 0.717) is 13.0 Å². The number of carbonyl (C=O) groups excluding carboxylic acids is 3. The SMILES string of the molecule is NCCCCCCCC(=O)NC(Cc1ccccc1)C(=O)NC(Cc1ccccc1)C(=O)NCCNC(=O)O. The Bertz CT molecular complexity index is 1020. The smallest absolute Gasteiger partial charge is 0.404 e. The molecule has 2 aromatic carbocycles. The number of amides is 4. The van der Waals surface area contributed by atoms with Crippen LogP contribution in [-0.4, -0.2) is 60.6 Å². The fourth-order valence-corrected chi connectivity index (χ4v) is 4.10. The quantitative estimate of drug-likeness (QED) is 0.159. The summed E-state index contributed by atoms with van der Waals surface area (Å²) in [5, 5.41) is 19.3. The van der Waals surface area contributed by atoms with E-state index < -0.39 is 30.0 Å². The van der Waals surface area contributed by atoms with Gasteiger partial charge in [-0.1, -0.05) is 79.9 Å². The van der Waals surface area contributed by atoms with E-state index in [1.807, 2.05) is 60.7 Å². The molecule has 10 heteroatoms. The van der Waals surface area contributed by atoms with Gasteiger partial charge in [0.15, 0.2) is 0 Å². The number of nitrogens with one attached hydrogen (secondary N) is 4. The zero-order valence-electron chi connectivity index (χ0n) is 22.4. The Labute approximate surface area is 230 Å². The minimum atomic E-state index is -1.19. The molecule has 2 rings (SSSR count). The third-order valence-electron chi connectivity index (χ3n) is 6.16. The first-order chi connectivity index (χ1) is 18.9. The molecule has 0 aliphatic carbocycles. The molecule has 2 aromatic rings. The van der Waals surface area contributed by atoms with Crippen molar-refractivity contribution in [2.45, 2.75) is 63.5 Å². The molecule has 0 bridgehead atoms. The molecule has 0 aliphatic rings. The second kappa shape index (κ2) is 18.4. The summed E-state index contributed by atoms with van der Waals surface area (Å²) in [5.74, 6) is -1.12. The van der Waals surface area contributed by atoms with Crippen molar-refractivity contribution < 1.29 is 24.3 Å². The molecule has 0 fully saturated rings. The van der Waals surface area contributed by atoms with Gasteiger partial charge in [0.1, 0.15) is 12.1 Å². The second-order valence-corrected chi connectivity index (χ2v) is 9.39. The van der Waals surface area contributed by atoms with Crippen LogP contribution in [0.1, 0.15) is 49.7 Å². The standard InChI is InChI=1S/C29H41N5O5/c30-17-11-3-1-2-10-16-26(35)33-25(21-23-14-8-5-9-15-23)28(37)34-24(20-22-12-6-4-7-13-22)27(36)31-18-19-32-29(38)39/h4-9,12-15,24-25,32H,1-3,10-11,16-21,30H2,(H,31,36)(H,33,35)(H,34,37)(H,38,39). The molecule has 0 radical (unpaired) electrons. The molecule has 0 spiro atoms. The molecular formula is C29H41N5O5. The molecular weight excluding hydrogens is 498 g/mol. The van der Waals surface area contributed by atoms with Gasteiger partial charge in [-0.2, -0.15) is 0 Å². The lowest BCUT2D eigenvalue weighted by Gasteiger charge is -2.23. The van der Waals surface area contributed by atoms with Crippen LogP contribution in [0.2, 0.25) is 0 Å². The van der Waals surface area contributed by atoms with E-state index in [9.17, 15) is 19.2 Å². The lowest BCUT2D eigenvalue weighted by molar-refractivity contribution is -0.132. The van der Waals surface area contributed by atoms with E-state index in [2.05, 4.69) is 21.3 Å². The lowest BCUT2D eigenvalue weighted by atomic mass is 10.0. The Morgan fingerprint density at radius 3 is 1.74 bits per heavy atom. The average molecular weight is 540 g/mol. The van der Waals surface area contributed by atoms with Crippen LogP contribution < -0.4 is 27.0 Å². The number of rotatable bonds is 18. The van der Waals surface area contributed by atoms with Gasteiger partial charge in [-0.05, 0) is 30.5 Å². The molecule has 39 heavy (non-hydrogen) atoms. The molecule has 0 saturated carbocycles. The highest BCUT2D eigenvalue weighted by atomic mass is 16.4. The largest absolute Gasteiger partial charge is 0.465 e. The zero-order valence-corrected chi connectivity index (χ0v) is 22.4. The predicted octanol–water partition coefficient (Wildman–Crippen LogP) is 2.12. The van der Waals surface area contributed by atoms with Crippen molar-refractivity contribution in [1.29, 1.82) is 0 Å². The van der Waals surface area contributed by atoms with Crippen molar-refractivity contribution in [3.05, 3.63) is 71.8 Å². The Morgan fingerprint density at radius 1 is 0.667 bits per heavy atom. The van der Waals surface area contributed by atoms with Gasteiger partial charge in [-0.3, -0.25) is 14.4 Å². The molecule has 0 heterocycles. The van der Waals surface area contributed by atoms with Crippen molar-refractivity contribution in [3.63, 3.8) is 0 Å². The Balaban J connectivity index is 2.07. The minimum Gasteiger partial charge on any atom is -0.465 e. The summed E-state index contributed by atoms with van der Waals surface area (Å²) in [5.41, 5.74) is 7.25. The topological polar surface area (TPSA) is 163 Å². The maximum absolute atomic E-state index is 13.4. The number of carbonyl (C=O) groups is 4. The van der Waals surface area contributed by atoms with Gasteiger partial charge in [-0.25, -0.2) is 4.79 Å². The number of unbranched alkanes of at least 4 members (excludes halogenated alkanes) is 4. The molecule has 2 unspecified atom stereocenters. The van der Waals surface area contributed by atoms with Crippen LogP contribution in [0.3, 0.4) is 0 Å². The first kappa shape index (κ1) is 31.3. The van der Waals surface area contributed by atoms with E-state index in [-0.39, 0.29) is 31.8 Å². The van der Waals surface area contributed by atoms with Crippen LogP contribution in [0.5, 0.6) is 0 Å². The maximum atomic E-state index is 13.4. The minimum absolute atomic E-state index is 0.0337. The van der Waals surface area contributed by atoms with Gasteiger partial charge in [0.05, 0.1) is 0 Å². The summed E-state index contributed by atoms with van der Waals surface area (Å²) >= 11 is 0. The summed E-state index contributed by atoms with van der Waals surface area (Å²) < 4.78 is 0. The molecule has 2 atom stereocenters. The van der Waals surface area contributed by atoms with Gasteiger partial charge in [0.25, 0.3) is 0 Å². The third-order valence-corrected chi connectivity index (χ3v) is 6.16. The molecule has 0 aromatic heterocycles. The highest BCUT2D eigenvalue weighted by molar-refractivity contribution is 5.92. The van der Waals surface area contributed by atoms with Crippen molar-refractivity contribution in [3.8, 4) is 0 Å². The Kier molecular flexibility index (Phi) is 14.7. The van der Waals surface area contributed by atoms with Crippen molar-refractivity contribution >= 4 is 23.8 Å². The summed E-state index contributed by atoms with van der Waals surface area (Å²) in [7, 11) is 0. The van der Waals surface area contributed by atoms with Crippen LogP contribution in [0.4, 0.5) is 4.79 Å². The van der Waals surface area contributed by atoms with Crippen LogP contribution in [-0.2, 0) is 27.2 Å². The van der Waals surface area contributed by atoms with Crippen LogP contribution in [0.15, 0.2) is 60.7 Å². The van der Waals surface area contributed by atoms with Gasteiger partial charge in [-0.15, -0.1) is 0 Å². The van der Waals surface area contributed by atoms with Gasteiger partial charge < -0.3 is 32.1 Å². The summed E-state index contributed by atoms with van der Waals surface area (Å²) in [6.07, 6.45) is 4.29. The maximum Gasteiger partial charge on any atom is 0.404 e. The van der Waals surface area contributed by atoms with Crippen LogP contribution >= 0.6 is 0 Å². The van der Waals surface area contributed by atoms with Gasteiger partial charge in [0, 0.05) is 32.4 Å². The number of hydrogen-bond acceptors (Lipinski definition) is 5. The number of hydrogen-bond donors (Lipinski definition) is 6. The first-order valence-electron chi connectivity index (χ1n) is 13.5. The molecule has 7 N–H and O–H groups in total. The molecule has 0 aliphatic heterocycles. The Hall–Kier alpha value is -3.92. The summed E-state index contributed by atoms with van der Waals surface area (Å²) in [6.45, 7) is 0.771. The summed E-state index contributed by atoms with van der Waals surface area (Å²) in [4.78, 5) is 49.8. The monoisotopic (exact) mass is 539 g/mol. The number of nitrogens with two attached hydrogens (primary N) is 1. The first-order valence-corrected chi connectivity index (χ1v) is 13.5. The highest BCUT2D eigenvalue weighted by Crippen LogP contribution is 2.09. The second-order valence-electron chi connectivity index (χ2n) is 9.39. The predicted molar refractivity (Wildman–Crippen MR) is 150 cm³/mol. The van der Waals surface area contributed by atoms with E-state index >= 15 is 0 Å². The molecule has 10 nitrogen and oxygen atoms in total. The van der Waals surface area contributed by atoms with Gasteiger partial charge >= 0.3 is 6.09 Å². The molecule has 4 amide bonds. The van der Waals surface area contributed by atoms with Crippen LogP contribution in [0, 0.1) is 0 Å². The van der Waals surface area contributed by atoms with Crippen molar-refractivity contribution in [2.24, 2.45) is 5.73 Å². The highest BCUT2D eigenvalue weighted by Gasteiger charge is 2.27. The fourth-order valence-electron chi connectivity index (χ4n) is 4.10. The van der Waals surface area contributed by atoms with Crippen molar-refractivity contribution in [2.75, 3.05) is 19.6 Å². The fraction of sp³-hybridized carbons (Fsp3) is 0.448. The number of carboxylic acid groups (broad SMARTS) is 1. The van der Waals surface area contributed by atoms with Gasteiger partial charge in [0.2, 0.25) is 17.7 Å². The third kappa shape index (κ3) is 13.4. The normalized spacial score (nSPS) is 12.1. The lowest BCUT2D eigenvalue weighted by Crippen LogP contribution is -2.55. The Morgan fingerprint density at radius 2 is 1.18 bits per heavy atom. The molecule has 0 saturated heterocycles. The van der Waals surface area contributed by atoms with E-state index in [4.69, 9.17) is 10.8 Å². The number of benzene rings is 2. The van der Waals surface area contributed by atoms with E-state index in [0.717, 1.165) is 43.2 Å². The summed E-state index contributed by atoms with van der Waals surface area (Å²) in [6, 6.07) is 16.9. The van der Waals surface area contributed by atoms with E-state index in [1.54, 1.807) is 0 Å². The molecule has 212 valence electrons. The zero-order chi connectivity index (χ0) is 28.3. The average Bonchev–Trinajstić information content (AvgIpc) is 2.93. The van der Waals surface area contributed by atoms with E-state index in [1.165, 1.54) is 0 Å². The van der Waals surface area contributed by atoms with Crippen LogP contribution in [0.25, 0.3) is 0 Å².